The highest BCUT2D eigenvalue weighted by Crippen LogP contribution is 2.56. The molecule has 6 aromatic carbocycles. The number of benzene rings is 6. The van der Waals surface area contributed by atoms with Gasteiger partial charge in [-0.05, 0) is 194 Å². The molecular weight excluding hydrogens is 804 g/mol. The Labute approximate surface area is 397 Å². The van der Waals surface area contributed by atoms with Crippen molar-refractivity contribution in [1.82, 2.24) is 0 Å². The number of nitrogens with zero attached hydrogens (tertiary/aromatic N) is 2. The average molecular weight is 874 g/mol. The number of thiophene rings is 1. The summed E-state index contributed by atoms with van der Waals surface area (Å²) in [5.41, 5.74) is 20.3. The lowest BCUT2D eigenvalue weighted by atomic mass is 9.32. The van der Waals surface area contributed by atoms with Gasteiger partial charge in [0.1, 0.15) is 0 Å². The minimum Gasteiger partial charge on any atom is -0.311 e. The Balaban J connectivity index is 1.25. The standard InChI is InChI=1S/C61H67BN2S/c1-35-25-51-55-52(26-35)64(48-31-45-40(27-36(48)2)60(11,12)34-61(45,13)14)50-33-44-42(57(5,6)22-24-59(44,9)10)30-47(50)62(55)46-29-41-43(58(7,8)23-21-56(41,3)4)32-49(46)63(51)37-19-20-54-39(28-37)38-17-15-16-18-53(38)65-54/h15-20,25-33H,21-24,34H2,1-14H3/i1D3. The first-order valence-corrected chi connectivity index (χ1v) is 25.2. The molecule has 12 rings (SSSR count). The van der Waals surface area contributed by atoms with Gasteiger partial charge >= 0.3 is 0 Å². The number of aryl methyl sites for hydroxylation is 2. The molecule has 0 amide bonds. The fourth-order valence-corrected chi connectivity index (χ4v) is 14.9. The molecule has 1 aromatic heterocycles. The Hall–Kier alpha value is -4.80. The molecule has 3 aliphatic carbocycles. The molecule has 5 aliphatic rings. The second-order valence-corrected chi connectivity index (χ2v) is 26.0. The van der Waals surface area contributed by atoms with Gasteiger partial charge in [-0.1, -0.05) is 119 Å². The lowest BCUT2D eigenvalue weighted by molar-refractivity contribution is 0.332. The monoisotopic (exact) mass is 874 g/mol. The van der Waals surface area contributed by atoms with Crippen LogP contribution in [0.5, 0.6) is 0 Å². The van der Waals surface area contributed by atoms with E-state index in [0.29, 0.717) is 5.56 Å². The third-order valence-corrected chi connectivity index (χ3v) is 18.7. The largest absolute Gasteiger partial charge is 0.311 e. The molecular formula is C61H67BN2S. The second-order valence-electron chi connectivity index (χ2n) is 24.9. The van der Waals surface area contributed by atoms with Crippen molar-refractivity contribution in [2.45, 2.75) is 161 Å². The van der Waals surface area contributed by atoms with Crippen LogP contribution in [0.1, 0.15) is 164 Å². The van der Waals surface area contributed by atoms with Crippen LogP contribution in [0.25, 0.3) is 20.2 Å². The summed E-state index contributed by atoms with van der Waals surface area (Å²) in [5.74, 6) is 0. The number of fused-ring (bicyclic) bond motifs is 10. The van der Waals surface area contributed by atoms with Crippen molar-refractivity contribution in [1.29, 1.82) is 0 Å². The first-order chi connectivity index (χ1) is 31.7. The number of hydrogen-bond acceptors (Lipinski definition) is 3. The van der Waals surface area contributed by atoms with Crippen molar-refractivity contribution in [3.05, 3.63) is 136 Å². The summed E-state index contributed by atoms with van der Waals surface area (Å²) < 4.78 is 30.2. The summed E-state index contributed by atoms with van der Waals surface area (Å²) in [7, 11) is 0. The molecule has 2 nitrogen and oxygen atoms in total. The number of rotatable bonds is 2. The van der Waals surface area contributed by atoms with Crippen LogP contribution in [0.3, 0.4) is 0 Å². The smallest absolute Gasteiger partial charge is 0.252 e. The maximum Gasteiger partial charge on any atom is 0.252 e. The lowest BCUT2D eigenvalue weighted by Crippen LogP contribution is -2.62. The highest BCUT2D eigenvalue weighted by molar-refractivity contribution is 7.25. The van der Waals surface area contributed by atoms with E-state index < -0.39 is 6.85 Å². The number of anilines is 6. The Kier molecular flexibility index (Phi) is 7.67. The molecule has 7 aromatic rings. The van der Waals surface area contributed by atoms with E-state index in [-0.39, 0.29) is 39.2 Å². The van der Waals surface area contributed by atoms with Crippen LogP contribution in [0, 0.1) is 13.8 Å². The minimum absolute atomic E-state index is 0.0118. The molecule has 2 aliphatic heterocycles. The van der Waals surface area contributed by atoms with E-state index in [2.05, 4.69) is 185 Å². The van der Waals surface area contributed by atoms with Gasteiger partial charge in [0, 0.05) is 58.4 Å². The van der Waals surface area contributed by atoms with Gasteiger partial charge in [-0.2, -0.15) is 0 Å². The van der Waals surface area contributed by atoms with Crippen molar-refractivity contribution in [2.75, 3.05) is 9.80 Å². The van der Waals surface area contributed by atoms with Crippen molar-refractivity contribution < 1.29 is 4.11 Å². The molecule has 0 radical (unpaired) electrons. The summed E-state index contributed by atoms with van der Waals surface area (Å²) in [6.07, 6.45) is 5.54. The van der Waals surface area contributed by atoms with Gasteiger partial charge in [0.15, 0.2) is 0 Å². The van der Waals surface area contributed by atoms with Gasteiger partial charge in [-0.3, -0.25) is 0 Å². The molecule has 0 fully saturated rings. The highest BCUT2D eigenvalue weighted by atomic mass is 32.1. The molecule has 0 spiro atoms. The number of hydrogen-bond donors (Lipinski definition) is 0. The molecule has 0 bridgehead atoms. The van der Waals surface area contributed by atoms with E-state index in [1.165, 1.54) is 81.2 Å². The topological polar surface area (TPSA) is 6.48 Å². The third-order valence-electron chi connectivity index (χ3n) is 17.5. The van der Waals surface area contributed by atoms with E-state index in [9.17, 15) is 4.11 Å². The van der Waals surface area contributed by atoms with E-state index in [1.807, 2.05) is 17.4 Å². The average Bonchev–Trinajstić information content (AvgIpc) is 3.71. The highest BCUT2D eigenvalue weighted by Gasteiger charge is 2.49. The maximum absolute atomic E-state index is 9.22. The van der Waals surface area contributed by atoms with E-state index in [4.69, 9.17) is 0 Å². The Bertz CT molecular complexity index is 3360. The minimum atomic E-state index is -2.35. The van der Waals surface area contributed by atoms with E-state index in [0.717, 1.165) is 60.5 Å². The molecule has 3 heterocycles. The predicted molar refractivity (Wildman–Crippen MR) is 284 cm³/mol. The Morgan fingerprint density at radius 3 is 1.54 bits per heavy atom. The molecule has 4 heteroatoms. The SMILES string of the molecule is [2H]C([2H])([2H])c1cc2c3c(c1)N(c1cc4c(cc1C)C(C)(C)CC4(C)C)c1cc4c(cc1B3c1cc3c(cc1N2c1ccc2sc5ccccc5c2c1)C(C)(C)CCC3(C)C)C(C)(C)CCC4(C)C. The molecule has 0 saturated heterocycles. The predicted octanol–water partition coefficient (Wildman–Crippen LogP) is 15.4. The molecule has 330 valence electrons. The fourth-order valence-electron chi connectivity index (χ4n) is 13.9. The summed E-state index contributed by atoms with van der Waals surface area (Å²) in [5, 5.41) is 2.49. The first kappa shape index (κ1) is 38.3. The summed E-state index contributed by atoms with van der Waals surface area (Å²) in [6, 6.07) is 35.1. The van der Waals surface area contributed by atoms with Crippen LogP contribution in [0.15, 0.2) is 91.0 Å². The molecule has 0 saturated carbocycles. The van der Waals surface area contributed by atoms with Gasteiger partial charge in [-0.25, -0.2) is 0 Å². The van der Waals surface area contributed by atoms with Gasteiger partial charge in [0.05, 0.1) is 0 Å². The molecule has 0 unspecified atom stereocenters. The van der Waals surface area contributed by atoms with E-state index >= 15 is 0 Å². The molecule has 0 atom stereocenters. The maximum atomic E-state index is 9.22. The molecule has 0 N–H and O–H groups in total. The van der Waals surface area contributed by atoms with Gasteiger partial charge in [0.2, 0.25) is 0 Å². The van der Waals surface area contributed by atoms with Crippen LogP contribution in [0.2, 0.25) is 0 Å². The summed E-state index contributed by atoms with van der Waals surface area (Å²) >= 11 is 1.84. The fraction of sp³-hybridized carbons (Fsp3) is 0.410. The lowest BCUT2D eigenvalue weighted by Gasteiger charge is -2.49. The second kappa shape index (κ2) is 13.0. The Morgan fingerprint density at radius 1 is 0.477 bits per heavy atom. The normalized spacial score (nSPS) is 21.7. The van der Waals surface area contributed by atoms with Crippen LogP contribution >= 0.6 is 11.3 Å². The first-order valence-electron chi connectivity index (χ1n) is 25.9. The zero-order valence-corrected chi connectivity index (χ0v) is 41.9. The third kappa shape index (κ3) is 5.77. The van der Waals surface area contributed by atoms with Crippen LogP contribution in [0.4, 0.5) is 34.1 Å². The summed E-state index contributed by atoms with van der Waals surface area (Å²) in [4.78, 5) is 5.00. The van der Waals surface area contributed by atoms with Crippen molar-refractivity contribution in [3.8, 4) is 0 Å². The van der Waals surface area contributed by atoms with Gasteiger partial charge in [0.25, 0.3) is 6.71 Å². The summed E-state index contributed by atoms with van der Waals surface area (Å²) in [6.45, 7) is 28.9. The van der Waals surface area contributed by atoms with Crippen LogP contribution in [-0.2, 0) is 32.5 Å². The molecule has 65 heavy (non-hydrogen) atoms. The zero-order chi connectivity index (χ0) is 48.2. The quantitative estimate of drug-likeness (QED) is 0.160. The zero-order valence-electron chi connectivity index (χ0n) is 44.1. The van der Waals surface area contributed by atoms with Crippen molar-refractivity contribution >= 4 is 88.7 Å². The van der Waals surface area contributed by atoms with Crippen molar-refractivity contribution in [2.24, 2.45) is 0 Å². The van der Waals surface area contributed by atoms with E-state index in [1.54, 1.807) is 0 Å². The van der Waals surface area contributed by atoms with Crippen LogP contribution in [-0.4, -0.2) is 6.71 Å². The Morgan fingerprint density at radius 2 is 0.954 bits per heavy atom. The van der Waals surface area contributed by atoms with Gasteiger partial charge < -0.3 is 9.80 Å². The van der Waals surface area contributed by atoms with Gasteiger partial charge in [-0.15, -0.1) is 11.3 Å². The van der Waals surface area contributed by atoms with Crippen LogP contribution < -0.4 is 26.2 Å². The van der Waals surface area contributed by atoms with Crippen molar-refractivity contribution in [3.63, 3.8) is 0 Å².